The number of rotatable bonds is 3. The number of ether oxygens (including phenoxy) is 1. The number of aryl methyl sites for hydroxylation is 1. The van der Waals surface area contributed by atoms with E-state index in [0.717, 1.165) is 25.1 Å². The highest BCUT2D eigenvalue weighted by Gasteiger charge is 2.29. The van der Waals surface area contributed by atoms with Crippen LogP contribution in [0.2, 0.25) is 0 Å². The zero-order valence-corrected chi connectivity index (χ0v) is 9.19. The molecular weight excluding hydrogens is 192 g/mol. The van der Waals surface area contributed by atoms with Gasteiger partial charge in [0.05, 0.1) is 19.1 Å². The number of hydrogen-bond donors (Lipinski definition) is 0. The van der Waals surface area contributed by atoms with Gasteiger partial charge in [-0.25, -0.2) is 9.78 Å². The molecule has 1 saturated carbocycles. The van der Waals surface area contributed by atoms with Gasteiger partial charge in [-0.15, -0.1) is 0 Å². The Kier molecular flexibility index (Phi) is 2.75. The molecule has 0 atom stereocenters. The lowest BCUT2D eigenvalue weighted by atomic mass is 9.82. The average molecular weight is 208 g/mol. The smallest absolute Gasteiger partial charge is 0.356 e. The molecule has 1 heterocycles. The summed E-state index contributed by atoms with van der Waals surface area (Å²) in [5.74, 6) is 0.197. The molecule has 1 fully saturated rings. The van der Waals surface area contributed by atoms with Crippen LogP contribution in [0.15, 0.2) is 6.33 Å². The van der Waals surface area contributed by atoms with Gasteiger partial charge in [0.25, 0.3) is 0 Å². The minimum absolute atomic E-state index is 0.267. The maximum atomic E-state index is 11.6. The van der Waals surface area contributed by atoms with Crippen molar-refractivity contribution < 1.29 is 9.53 Å². The lowest BCUT2D eigenvalue weighted by Crippen LogP contribution is -2.17. The van der Waals surface area contributed by atoms with Crippen molar-refractivity contribution in [2.75, 3.05) is 7.11 Å². The molecule has 15 heavy (non-hydrogen) atoms. The normalized spacial score (nSPS) is 16.1. The molecule has 1 aromatic rings. The van der Waals surface area contributed by atoms with E-state index in [1.54, 1.807) is 6.33 Å². The second-order valence-corrected chi connectivity index (χ2v) is 3.88. The summed E-state index contributed by atoms with van der Waals surface area (Å²) in [7, 11) is 1.42. The molecule has 1 aliphatic rings. The van der Waals surface area contributed by atoms with E-state index in [4.69, 9.17) is 4.74 Å². The molecule has 0 aliphatic heterocycles. The van der Waals surface area contributed by atoms with E-state index < -0.39 is 0 Å². The van der Waals surface area contributed by atoms with Gasteiger partial charge in [-0.05, 0) is 19.8 Å². The summed E-state index contributed by atoms with van der Waals surface area (Å²) < 4.78 is 6.66. The minimum Gasteiger partial charge on any atom is -0.464 e. The molecule has 0 radical (unpaired) electrons. The fourth-order valence-electron chi connectivity index (χ4n) is 1.94. The first-order chi connectivity index (χ1) is 7.27. The van der Waals surface area contributed by atoms with Gasteiger partial charge < -0.3 is 9.30 Å². The van der Waals surface area contributed by atoms with Gasteiger partial charge in [0.15, 0.2) is 5.69 Å². The van der Waals surface area contributed by atoms with Crippen molar-refractivity contribution in [3.05, 3.63) is 17.7 Å². The second kappa shape index (κ2) is 4.04. The van der Waals surface area contributed by atoms with Crippen molar-refractivity contribution in [2.45, 2.75) is 38.6 Å². The van der Waals surface area contributed by atoms with E-state index in [1.165, 1.54) is 13.5 Å². The summed E-state index contributed by atoms with van der Waals surface area (Å²) in [5.41, 5.74) is 1.57. The summed E-state index contributed by atoms with van der Waals surface area (Å²) in [6, 6.07) is 0. The van der Waals surface area contributed by atoms with Crippen molar-refractivity contribution in [3.63, 3.8) is 0 Å². The lowest BCUT2D eigenvalue weighted by Gasteiger charge is -2.24. The van der Waals surface area contributed by atoms with Crippen LogP contribution < -0.4 is 0 Å². The Morgan fingerprint density at radius 2 is 2.40 bits per heavy atom. The predicted molar refractivity (Wildman–Crippen MR) is 55.8 cm³/mol. The molecule has 1 aromatic heterocycles. The fraction of sp³-hybridized carbons (Fsp3) is 0.636. The Morgan fingerprint density at radius 3 is 2.87 bits per heavy atom. The van der Waals surface area contributed by atoms with Crippen molar-refractivity contribution in [2.24, 2.45) is 0 Å². The van der Waals surface area contributed by atoms with Crippen LogP contribution in [0.3, 0.4) is 0 Å². The molecule has 4 heteroatoms. The third-order valence-electron chi connectivity index (χ3n) is 3.08. The Balaban J connectivity index is 2.36. The molecule has 1 aliphatic carbocycles. The van der Waals surface area contributed by atoms with Crippen LogP contribution in [-0.4, -0.2) is 22.6 Å². The molecule has 0 N–H and O–H groups in total. The summed E-state index contributed by atoms with van der Waals surface area (Å²) >= 11 is 0. The largest absolute Gasteiger partial charge is 0.464 e. The van der Waals surface area contributed by atoms with Crippen LogP contribution in [0.4, 0.5) is 0 Å². The SMILES string of the molecule is CCn1cnc(C2CCC2)c1C(=O)OC. The van der Waals surface area contributed by atoms with E-state index >= 15 is 0 Å². The molecule has 0 saturated heterocycles. The van der Waals surface area contributed by atoms with Crippen molar-refractivity contribution in [1.29, 1.82) is 0 Å². The van der Waals surface area contributed by atoms with E-state index in [2.05, 4.69) is 4.98 Å². The third kappa shape index (κ3) is 1.64. The summed E-state index contributed by atoms with van der Waals surface area (Å²) in [6.45, 7) is 2.75. The fourth-order valence-corrected chi connectivity index (χ4v) is 1.94. The molecule has 82 valence electrons. The maximum absolute atomic E-state index is 11.6. The molecule has 0 bridgehead atoms. The Hall–Kier alpha value is -1.32. The molecule has 2 rings (SSSR count). The van der Waals surface area contributed by atoms with E-state index in [-0.39, 0.29) is 5.97 Å². The van der Waals surface area contributed by atoms with Crippen LogP contribution in [0.5, 0.6) is 0 Å². The van der Waals surface area contributed by atoms with Gasteiger partial charge in [0.2, 0.25) is 0 Å². The van der Waals surface area contributed by atoms with Crippen LogP contribution in [0, 0.1) is 0 Å². The second-order valence-electron chi connectivity index (χ2n) is 3.88. The van der Waals surface area contributed by atoms with E-state index in [9.17, 15) is 4.79 Å². The highest BCUT2D eigenvalue weighted by Crippen LogP contribution is 2.37. The first-order valence-corrected chi connectivity index (χ1v) is 5.41. The lowest BCUT2D eigenvalue weighted by molar-refractivity contribution is 0.0585. The van der Waals surface area contributed by atoms with Crippen LogP contribution in [0.1, 0.15) is 48.3 Å². The number of nitrogens with zero attached hydrogens (tertiary/aromatic N) is 2. The van der Waals surface area contributed by atoms with Gasteiger partial charge >= 0.3 is 5.97 Å². The Bertz CT molecular complexity index is 367. The van der Waals surface area contributed by atoms with Crippen LogP contribution in [-0.2, 0) is 11.3 Å². The molecule has 0 spiro atoms. The number of carbonyl (C=O) groups excluding carboxylic acids is 1. The number of aromatic nitrogens is 2. The standard InChI is InChI=1S/C11H16N2O2/c1-3-13-7-12-9(8-5-4-6-8)10(13)11(14)15-2/h7-8H,3-6H2,1-2H3. The van der Waals surface area contributed by atoms with Crippen molar-refractivity contribution in [3.8, 4) is 0 Å². The average Bonchev–Trinajstić information content (AvgIpc) is 2.58. The van der Waals surface area contributed by atoms with Gasteiger partial charge in [-0.2, -0.15) is 0 Å². The summed E-state index contributed by atoms with van der Waals surface area (Å²) in [6.07, 6.45) is 5.26. The van der Waals surface area contributed by atoms with Gasteiger partial charge in [-0.3, -0.25) is 0 Å². The van der Waals surface area contributed by atoms with Gasteiger partial charge in [-0.1, -0.05) is 6.42 Å². The zero-order valence-electron chi connectivity index (χ0n) is 9.19. The van der Waals surface area contributed by atoms with E-state index in [0.29, 0.717) is 11.6 Å². The number of imidazole rings is 1. The predicted octanol–water partition coefficient (Wildman–Crippen LogP) is 1.96. The molecule has 0 unspecified atom stereocenters. The molecule has 0 amide bonds. The van der Waals surface area contributed by atoms with Crippen LogP contribution >= 0.6 is 0 Å². The highest BCUT2D eigenvalue weighted by molar-refractivity contribution is 5.89. The summed E-state index contributed by atoms with van der Waals surface area (Å²) in [5, 5.41) is 0. The minimum atomic E-state index is -0.267. The highest BCUT2D eigenvalue weighted by atomic mass is 16.5. The number of carbonyl (C=O) groups is 1. The first-order valence-electron chi connectivity index (χ1n) is 5.41. The van der Waals surface area contributed by atoms with Gasteiger partial charge in [0, 0.05) is 12.5 Å². The van der Waals surface area contributed by atoms with Crippen LogP contribution in [0.25, 0.3) is 0 Å². The molecular formula is C11H16N2O2. The Labute approximate surface area is 89.3 Å². The summed E-state index contributed by atoms with van der Waals surface area (Å²) in [4.78, 5) is 16.0. The quantitative estimate of drug-likeness (QED) is 0.713. The van der Waals surface area contributed by atoms with Crippen molar-refractivity contribution in [1.82, 2.24) is 9.55 Å². The molecule has 0 aromatic carbocycles. The van der Waals surface area contributed by atoms with Crippen molar-refractivity contribution >= 4 is 5.97 Å². The maximum Gasteiger partial charge on any atom is 0.356 e. The third-order valence-corrected chi connectivity index (χ3v) is 3.08. The zero-order chi connectivity index (χ0) is 10.8. The molecule has 4 nitrogen and oxygen atoms in total. The number of esters is 1. The topological polar surface area (TPSA) is 44.1 Å². The number of methoxy groups -OCH3 is 1. The van der Waals surface area contributed by atoms with Gasteiger partial charge in [0.1, 0.15) is 0 Å². The van der Waals surface area contributed by atoms with E-state index in [1.807, 2.05) is 11.5 Å². The first kappa shape index (κ1) is 10.2. The monoisotopic (exact) mass is 208 g/mol. The Morgan fingerprint density at radius 1 is 1.67 bits per heavy atom. The number of hydrogen-bond acceptors (Lipinski definition) is 3.